The molecule has 1 aromatic carbocycles. The second-order valence-electron chi connectivity index (χ2n) is 5.20. The van der Waals surface area contributed by atoms with Crippen molar-refractivity contribution in [2.75, 3.05) is 6.54 Å². The Labute approximate surface area is 107 Å². The lowest BCUT2D eigenvalue weighted by atomic mass is 9.78. The molecule has 0 amide bonds. The molecule has 0 bridgehead atoms. The molecule has 1 atom stereocenters. The van der Waals surface area contributed by atoms with Gasteiger partial charge in [-0.1, -0.05) is 29.5 Å². The average molecular weight is 242 g/mol. The highest BCUT2D eigenvalue weighted by atomic mass is 15.4. The monoisotopic (exact) mass is 242 g/mol. The van der Waals surface area contributed by atoms with Gasteiger partial charge >= 0.3 is 0 Å². The number of aromatic nitrogens is 3. The lowest BCUT2D eigenvalue weighted by molar-refractivity contribution is 0.427. The Morgan fingerprint density at radius 1 is 1.39 bits per heavy atom. The maximum atomic E-state index is 6.08. The van der Waals surface area contributed by atoms with Crippen LogP contribution < -0.4 is 5.73 Å². The summed E-state index contributed by atoms with van der Waals surface area (Å²) in [5.74, 6) is 0. The van der Waals surface area contributed by atoms with Gasteiger partial charge in [0.2, 0.25) is 0 Å². The van der Waals surface area contributed by atoms with Crippen LogP contribution in [-0.2, 0) is 25.3 Å². The molecule has 4 nitrogen and oxygen atoms in total. The summed E-state index contributed by atoms with van der Waals surface area (Å²) in [6.07, 6.45) is 5.10. The van der Waals surface area contributed by atoms with Gasteiger partial charge in [-0.3, -0.25) is 4.68 Å². The highest BCUT2D eigenvalue weighted by Crippen LogP contribution is 2.40. The van der Waals surface area contributed by atoms with E-state index in [9.17, 15) is 0 Å². The van der Waals surface area contributed by atoms with Gasteiger partial charge in [-0.25, -0.2) is 0 Å². The van der Waals surface area contributed by atoms with E-state index in [1.165, 1.54) is 11.1 Å². The van der Waals surface area contributed by atoms with Gasteiger partial charge in [0, 0.05) is 31.6 Å². The molecule has 1 aliphatic carbocycles. The number of nitrogens with zero attached hydrogens (tertiary/aromatic N) is 3. The van der Waals surface area contributed by atoms with Crippen molar-refractivity contribution in [3.8, 4) is 0 Å². The molecule has 0 saturated heterocycles. The fourth-order valence-corrected chi connectivity index (χ4v) is 3.06. The Morgan fingerprint density at radius 3 is 2.94 bits per heavy atom. The van der Waals surface area contributed by atoms with E-state index in [-0.39, 0.29) is 5.41 Å². The standard InChI is InChI=1S/C14H18N4/c1-18-9-12(16-17-18)8-14(10-15)7-6-11-4-2-3-5-13(11)14/h2-5,9H,6-8,10,15H2,1H3. The first-order valence-electron chi connectivity index (χ1n) is 6.37. The van der Waals surface area contributed by atoms with Crippen LogP contribution in [0.5, 0.6) is 0 Å². The van der Waals surface area contributed by atoms with Crippen LogP contribution in [-0.4, -0.2) is 21.5 Å². The molecule has 2 N–H and O–H groups in total. The summed E-state index contributed by atoms with van der Waals surface area (Å²) in [6.45, 7) is 0.667. The van der Waals surface area contributed by atoms with Crippen LogP contribution in [0.25, 0.3) is 0 Å². The molecule has 0 radical (unpaired) electrons. The van der Waals surface area contributed by atoms with Crippen molar-refractivity contribution in [2.24, 2.45) is 12.8 Å². The van der Waals surface area contributed by atoms with Gasteiger partial charge < -0.3 is 5.73 Å². The lowest BCUT2D eigenvalue weighted by Crippen LogP contribution is -2.35. The summed E-state index contributed by atoms with van der Waals surface area (Å²) in [7, 11) is 1.90. The zero-order valence-corrected chi connectivity index (χ0v) is 10.6. The third kappa shape index (κ3) is 1.73. The number of aryl methyl sites for hydroxylation is 2. The molecule has 18 heavy (non-hydrogen) atoms. The van der Waals surface area contributed by atoms with E-state index >= 15 is 0 Å². The van der Waals surface area contributed by atoms with Gasteiger partial charge in [0.25, 0.3) is 0 Å². The van der Waals surface area contributed by atoms with Crippen molar-refractivity contribution < 1.29 is 0 Å². The summed E-state index contributed by atoms with van der Waals surface area (Å²) >= 11 is 0. The predicted octanol–water partition coefficient (Wildman–Crippen LogP) is 1.20. The molecule has 0 saturated carbocycles. The molecule has 0 fully saturated rings. The summed E-state index contributed by atoms with van der Waals surface area (Å²) in [5, 5.41) is 8.21. The molecular weight excluding hydrogens is 224 g/mol. The van der Waals surface area contributed by atoms with E-state index in [4.69, 9.17) is 5.73 Å². The third-order valence-corrected chi connectivity index (χ3v) is 4.02. The molecule has 1 heterocycles. The normalized spacial score (nSPS) is 22.1. The quantitative estimate of drug-likeness (QED) is 0.880. The molecule has 1 aromatic heterocycles. The van der Waals surface area contributed by atoms with Crippen LogP contribution >= 0.6 is 0 Å². The number of hydrogen-bond acceptors (Lipinski definition) is 3. The lowest BCUT2D eigenvalue weighted by Gasteiger charge is -2.28. The van der Waals surface area contributed by atoms with Crippen molar-refractivity contribution in [2.45, 2.75) is 24.7 Å². The average Bonchev–Trinajstić information content (AvgIpc) is 2.96. The van der Waals surface area contributed by atoms with Crippen molar-refractivity contribution in [1.82, 2.24) is 15.0 Å². The molecule has 4 heteroatoms. The summed E-state index contributed by atoms with van der Waals surface area (Å²) < 4.78 is 1.75. The molecule has 3 rings (SSSR count). The second-order valence-corrected chi connectivity index (χ2v) is 5.20. The Hall–Kier alpha value is -1.68. The summed E-state index contributed by atoms with van der Waals surface area (Å²) in [5.41, 5.74) is 10.00. The van der Waals surface area contributed by atoms with E-state index in [2.05, 4.69) is 34.6 Å². The fourth-order valence-electron chi connectivity index (χ4n) is 3.06. The first-order valence-corrected chi connectivity index (χ1v) is 6.37. The minimum atomic E-state index is 0.0482. The van der Waals surface area contributed by atoms with E-state index in [0.717, 1.165) is 25.0 Å². The minimum Gasteiger partial charge on any atom is -0.330 e. The van der Waals surface area contributed by atoms with Crippen molar-refractivity contribution in [3.05, 3.63) is 47.3 Å². The van der Waals surface area contributed by atoms with Gasteiger partial charge in [-0.05, 0) is 24.0 Å². The number of fused-ring (bicyclic) bond motifs is 1. The van der Waals surface area contributed by atoms with Crippen LogP contribution in [0.3, 0.4) is 0 Å². The Kier molecular flexibility index (Phi) is 2.67. The SMILES string of the molecule is Cn1cc(CC2(CN)CCc3ccccc32)nn1. The van der Waals surface area contributed by atoms with Crippen LogP contribution in [0, 0.1) is 0 Å². The second kappa shape index (κ2) is 4.21. The van der Waals surface area contributed by atoms with Gasteiger partial charge in [0.15, 0.2) is 0 Å². The summed E-state index contributed by atoms with van der Waals surface area (Å²) in [6, 6.07) is 8.63. The summed E-state index contributed by atoms with van der Waals surface area (Å²) in [4.78, 5) is 0. The molecule has 1 unspecified atom stereocenters. The Balaban J connectivity index is 1.97. The number of hydrogen-bond donors (Lipinski definition) is 1. The molecule has 0 spiro atoms. The maximum Gasteiger partial charge on any atom is 0.0836 e. The van der Waals surface area contributed by atoms with E-state index < -0.39 is 0 Å². The van der Waals surface area contributed by atoms with Gasteiger partial charge in [-0.15, -0.1) is 5.10 Å². The van der Waals surface area contributed by atoms with Crippen LogP contribution in [0.4, 0.5) is 0 Å². The zero-order chi connectivity index (χ0) is 12.6. The van der Waals surface area contributed by atoms with Gasteiger partial charge in [-0.2, -0.15) is 0 Å². The van der Waals surface area contributed by atoms with Crippen LogP contribution in [0.2, 0.25) is 0 Å². The van der Waals surface area contributed by atoms with E-state index in [1.807, 2.05) is 13.2 Å². The van der Waals surface area contributed by atoms with E-state index in [0.29, 0.717) is 6.54 Å². The van der Waals surface area contributed by atoms with Crippen LogP contribution in [0.15, 0.2) is 30.5 Å². The Morgan fingerprint density at radius 2 is 2.22 bits per heavy atom. The molecule has 2 aromatic rings. The number of nitrogens with two attached hydrogens (primary N) is 1. The largest absolute Gasteiger partial charge is 0.330 e. The smallest absolute Gasteiger partial charge is 0.0836 e. The maximum absolute atomic E-state index is 6.08. The van der Waals surface area contributed by atoms with Gasteiger partial charge in [0.1, 0.15) is 0 Å². The molecule has 1 aliphatic rings. The predicted molar refractivity (Wildman–Crippen MR) is 70.2 cm³/mol. The highest BCUT2D eigenvalue weighted by Gasteiger charge is 2.38. The number of rotatable bonds is 3. The van der Waals surface area contributed by atoms with Gasteiger partial charge in [0.05, 0.1) is 5.69 Å². The zero-order valence-electron chi connectivity index (χ0n) is 10.6. The van der Waals surface area contributed by atoms with Crippen molar-refractivity contribution >= 4 is 0 Å². The minimum absolute atomic E-state index is 0.0482. The van der Waals surface area contributed by atoms with Crippen LogP contribution in [0.1, 0.15) is 23.2 Å². The highest BCUT2D eigenvalue weighted by molar-refractivity contribution is 5.40. The first-order chi connectivity index (χ1) is 8.73. The topological polar surface area (TPSA) is 56.7 Å². The molecule has 0 aliphatic heterocycles. The molecule has 94 valence electrons. The van der Waals surface area contributed by atoms with Crippen molar-refractivity contribution in [1.29, 1.82) is 0 Å². The molecular formula is C14H18N4. The number of benzene rings is 1. The fraction of sp³-hybridized carbons (Fsp3) is 0.429. The Bertz CT molecular complexity index is 560. The first kappa shape index (κ1) is 11.4. The van der Waals surface area contributed by atoms with Crippen molar-refractivity contribution in [3.63, 3.8) is 0 Å². The third-order valence-electron chi connectivity index (χ3n) is 4.02. The van der Waals surface area contributed by atoms with E-state index in [1.54, 1.807) is 4.68 Å².